The van der Waals surface area contributed by atoms with Crippen LogP contribution in [0.4, 0.5) is 5.69 Å². The average Bonchev–Trinajstić information content (AvgIpc) is 2.85. The van der Waals surface area contributed by atoms with E-state index in [1.54, 1.807) is 0 Å². The predicted molar refractivity (Wildman–Crippen MR) is 189 cm³/mol. The van der Waals surface area contributed by atoms with Crippen molar-refractivity contribution in [1.29, 1.82) is 0 Å². The molecule has 2 nitrogen and oxygen atoms in total. The van der Waals surface area contributed by atoms with Crippen LogP contribution in [-0.4, -0.2) is 5.11 Å². The Morgan fingerprint density at radius 1 is 0.581 bits per heavy atom. The van der Waals surface area contributed by atoms with E-state index in [2.05, 4.69) is 150 Å². The van der Waals surface area contributed by atoms with Crippen LogP contribution in [0.5, 0.6) is 5.75 Å². The average molecular weight is 582 g/mol. The van der Waals surface area contributed by atoms with E-state index in [0.29, 0.717) is 5.75 Å². The summed E-state index contributed by atoms with van der Waals surface area (Å²) in [5.74, 6) is 0.450. The minimum Gasteiger partial charge on any atom is -0.507 e. The fourth-order valence-corrected chi connectivity index (χ4v) is 6.06. The molecule has 0 atom stereocenters. The van der Waals surface area contributed by atoms with Gasteiger partial charge in [-0.25, -0.2) is 0 Å². The fraction of sp³-hybridized carbons (Fsp3) is 0.512. The lowest BCUT2D eigenvalue weighted by Crippen LogP contribution is -2.20. The highest BCUT2D eigenvalue weighted by atomic mass is 16.3. The zero-order valence-electron chi connectivity index (χ0n) is 29.6. The fourth-order valence-electron chi connectivity index (χ4n) is 6.06. The third-order valence-corrected chi connectivity index (χ3v) is 8.56. The highest BCUT2D eigenvalue weighted by molar-refractivity contribution is 5.51. The van der Waals surface area contributed by atoms with Gasteiger partial charge in [0.25, 0.3) is 0 Å². The molecule has 0 bridgehead atoms. The number of benzene rings is 3. The summed E-state index contributed by atoms with van der Waals surface area (Å²) in [4.78, 5) is 0. The third-order valence-electron chi connectivity index (χ3n) is 8.56. The van der Waals surface area contributed by atoms with Crippen LogP contribution in [0.2, 0.25) is 0 Å². The van der Waals surface area contributed by atoms with Gasteiger partial charge in [-0.3, -0.25) is 0 Å². The maximum Gasteiger partial charge on any atom is 0.123 e. The van der Waals surface area contributed by atoms with Gasteiger partial charge in [0.05, 0.1) is 0 Å². The van der Waals surface area contributed by atoms with E-state index in [4.69, 9.17) is 0 Å². The summed E-state index contributed by atoms with van der Waals surface area (Å²) >= 11 is 0. The topological polar surface area (TPSA) is 32.3 Å². The van der Waals surface area contributed by atoms with Gasteiger partial charge in [0, 0.05) is 11.4 Å². The van der Waals surface area contributed by atoms with Crippen molar-refractivity contribution in [3.63, 3.8) is 0 Å². The van der Waals surface area contributed by atoms with E-state index in [1.807, 2.05) is 0 Å². The van der Waals surface area contributed by atoms with Gasteiger partial charge >= 0.3 is 0 Å². The summed E-state index contributed by atoms with van der Waals surface area (Å²) in [6.07, 6.45) is 3.76. The molecular formula is C41H59NO. The Kier molecular flexibility index (Phi) is 10.1. The molecule has 3 aromatic carbocycles. The molecule has 3 rings (SSSR count). The summed E-state index contributed by atoms with van der Waals surface area (Å²) in [5.41, 5.74) is 12.5. The number of hydrogen-bond acceptors (Lipinski definition) is 2. The van der Waals surface area contributed by atoms with E-state index in [9.17, 15) is 5.11 Å². The third kappa shape index (κ3) is 9.01. The summed E-state index contributed by atoms with van der Waals surface area (Å²) in [6.45, 7) is 33.5. The first kappa shape index (κ1) is 34.5. The second-order valence-electron chi connectivity index (χ2n) is 16.8. The molecule has 0 spiro atoms. The summed E-state index contributed by atoms with van der Waals surface area (Å²) < 4.78 is 0. The van der Waals surface area contributed by atoms with Crippen LogP contribution in [-0.2, 0) is 40.9 Å². The molecule has 0 aliphatic carbocycles. The molecule has 0 radical (unpaired) electrons. The molecule has 0 aliphatic rings. The van der Waals surface area contributed by atoms with Gasteiger partial charge in [-0.1, -0.05) is 126 Å². The molecule has 0 fully saturated rings. The Morgan fingerprint density at radius 2 is 0.953 bits per heavy atom. The Hall–Kier alpha value is -3.00. The van der Waals surface area contributed by atoms with Crippen molar-refractivity contribution in [2.24, 2.45) is 0 Å². The number of anilines is 1. The highest BCUT2D eigenvalue weighted by Crippen LogP contribution is 2.40. The zero-order valence-corrected chi connectivity index (χ0v) is 29.6. The van der Waals surface area contributed by atoms with Crippen LogP contribution in [0.25, 0.3) is 0 Å². The van der Waals surface area contributed by atoms with Crippen LogP contribution >= 0.6 is 0 Å². The predicted octanol–water partition coefficient (Wildman–Crippen LogP) is 11.2. The van der Waals surface area contributed by atoms with Gasteiger partial charge in [-0.15, -0.1) is 0 Å². The largest absolute Gasteiger partial charge is 0.507 e. The number of phenolic OH excluding ortho intramolecular Hbond substituents is 1. The summed E-state index contributed by atoms with van der Waals surface area (Å²) in [6, 6.07) is 18.0. The van der Waals surface area contributed by atoms with E-state index < -0.39 is 0 Å². The van der Waals surface area contributed by atoms with E-state index in [0.717, 1.165) is 48.2 Å². The summed E-state index contributed by atoms with van der Waals surface area (Å²) in [7, 11) is 0. The number of nitrogens with one attached hydrogen (secondary N) is 1. The van der Waals surface area contributed by atoms with Crippen LogP contribution in [0, 0.1) is 6.92 Å². The molecule has 0 aliphatic heterocycles. The van der Waals surface area contributed by atoms with E-state index in [1.165, 1.54) is 33.4 Å². The van der Waals surface area contributed by atoms with E-state index >= 15 is 0 Å². The molecule has 0 aromatic heterocycles. The monoisotopic (exact) mass is 581 g/mol. The van der Waals surface area contributed by atoms with Crippen molar-refractivity contribution in [3.8, 4) is 5.75 Å². The van der Waals surface area contributed by atoms with Crippen LogP contribution in [0.15, 0.2) is 60.8 Å². The van der Waals surface area contributed by atoms with Crippen molar-refractivity contribution in [2.75, 3.05) is 5.32 Å². The van der Waals surface area contributed by atoms with Gasteiger partial charge in [0.1, 0.15) is 5.75 Å². The van der Waals surface area contributed by atoms with Crippen LogP contribution in [0.1, 0.15) is 134 Å². The number of rotatable bonds is 8. The number of aromatic hydroxyl groups is 1. The quantitative estimate of drug-likeness (QED) is 0.277. The Labute approximate surface area is 264 Å². The van der Waals surface area contributed by atoms with Crippen molar-refractivity contribution >= 4 is 5.69 Å². The minimum atomic E-state index is -0.112. The second kappa shape index (κ2) is 12.5. The standard InChI is InChI=1S/C41H59NO/c1-27(15-16-30-23-33(38(3,4)5)28(2)34(24-30)39(6,7)8)42-32-21-19-29(20-22-32)17-18-31-25-35(40(9,10)11)37(43)36(26-31)41(12,13)14/h19-26,42-43H,1,15-18H2,2-14H3. The van der Waals surface area contributed by atoms with Crippen molar-refractivity contribution in [2.45, 2.75) is 137 Å². The lowest BCUT2D eigenvalue weighted by Gasteiger charge is -2.30. The molecule has 2 heteroatoms. The second-order valence-corrected chi connectivity index (χ2v) is 16.8. The van der Waals surface area contributed by atoms with Gasteiger partial charge in [-0.05, 0) is 111 Å². The molecule has 2 N–H and O–H groups in total. The van der Waals surface area contributed by atoms with Crippen molar-refractivity contribution in [1.82, 2.24) is 0 Å². The number of phenols is 1. The first-order valence-corrected chi connectivity index (χ1v) is 16.1. The zero-order chi connectivity index (χ0) is 32.5. The molecule has 0 saturated carbocycles. The first-order chi connectivity index (χ1) is 19.6. The van der Waals surface area contributed by atoms with Crippen molar-refractivity contribution in [3.05, 3.63) is 105 Å². The number of hydrogen-bond donors (Lipinski definition) is 2. The molecule has 0 saturated heterocycles. The lowest BCUT2D eigenvalue weighted by atomic mass is 9.75. The molecule has 43 heavy (non-hydrogen) atoms. The number of aryl methyl sites for hydroxylation is 3. The SMILES string of the molecule is C=C(CCc1cc(C(C)(C)C)c(C)c(C(C)(C)C)c1)Nc1ccc(CCc2cc(C(C)(C)C)c(O)c(C(C)(C)C)c2)cc1. The van der Waals surface area contributed by atoms with Gasteiger partial charge in [0.15, 0.2) is 0 Å². The Bertz CT molecular complexity index is 1360. The van der Waals surface area contributed by atoms with E-state index in [-0.39, 0.29) is 21.7 Å². The molecule has 234 valence electrons. The van der Waals surface area contributed by atoms with Gasteiger partial charge in [-0.2, -0.15) is 0 Å². The normalized spacial score (nSPS) is 12.9. The smallest absolute Gasteiger partial charge is 0.123 e. The number of allylic oxidation sites excluding steroid dienone is 1. The van der Waals surface area contributed by atoms with Crippen LogP contribution < -0.4 is 5.32 Å². The molecule has 0 heterocycles. The minimum absolute atomic E-state index is 0.112. The van der Waals surface area contributed by atoms with Crippen LogP contribution in [0.3, 0.4) is 0 Å². The molecule has 3 aromatic rings. The Morgan fingerprint density at radius 3 is 1.37 bits per heavy atom. The Balaban J connectivity index is 1.67. The molecule has 0 amide bonds. The maximum atomic E-state index is 11.1. The summed E-state index contributed by atoms with van der Waals surface area (Å²) in [5, 5.41) is 14.6. The highest BCUT2D eigenvalue weighted by Gasteiger charge is 2.27. The maximum absolute atomic E-state index is 11.1. The molecule has 0 unspecified atom stereocenters. The van der Waals surface area contributed by atoms with Crippen molar-refractivity contribution < 1.29 is 5.11 Å². The molecular weight excluding hydrogens is 522 g/mol. The lowest BCUT2D eigenvalue weighted by molar-refractivity contribution is 0.422. The van der Waals surface area contributed by atoms with Gasteiger partial charge < -0.3 is 10.4 Å². The first-order valence-electron chi connectivity index (χ1n) is 16.1. The van der Waals surface area contributed by atoms with Gasteiger partial charge in [0.2, 0.25) is 0 Å².